The van der Waals surface area contributed by atoms with Crippen LogP contribution in [0.3, 0.4) is 0 Å². The van der Waals surface area contributed by atoms with Gasteiger partial charge in [-0.3, -0.25) is 4.79 Å². The molecule has 2 aliphatic rings. The number of amides is 1. The van der Waals surface area contributed by atoms with Gasteiger partial charge in [-0.15, -0.1) is 0 Å². The van der Waals surface area contributed by atoms with Gasteiger partial charge in [0.25, 0.3) is 5.91 Å². The maximum absolute atomic E-state index is 12.5. The van der Waals surface area contributed by atoms with Gasteiger partial charge in [0, 0.05) is 36.9 Å². The van der Waals surface area contributed by atoms with Crippen molar-refractivity contribution in [2.75, 3.05) is 37.7 Å². The second-order valence-corrected chi connectivity index (χ2v) is 5.79. The number of fused-ring (bicyclic) bond motifs is 1. The summed E-state index contributed by atoms with van der Waals surface area (Å²) < 4.78 is 5.31. The summed E-state index contributed by atoms with van der Waals surface area (Å²) in [5, 5.41) is 0. The topological polar surface area (TPSA) is 32.8 Å². The molecular formula is C16H22N2O2. The Morgan fingerprint density at radius 1 is 1.20 bits per heavy atom. The Hall–Kier alpha value is -1.55. The Balaban J connectivity index is 1.84. The number of hydrogen-bond acceptors (Lipinski definition) is 3. The van der Waals surface area contributed by atoms with Gasteiger partial charge < -0.3 is 14.5 Å². The van der Waals surface area contributed by atoms with Crippen molar-refractivity contribution in [2.24, 2.45) is 0 Å². The van der Waals surface area contributed by atoms with E-state index in [1.54, 1.807) is 0 Å². The van der Waals surface area contributed by atoms with E-state index in [0.29, 0.717) is 32.3 Å². The van der Waals surface area contributed by atoms with E-state index in [9.17, 15) is 4.79 Å². The standard InChI is InChI=1S/C16H22N2O2/c1-12(2)18-6-5-13-3-4-14(11-15(13)18)16(19)17-7-9-20-10-8-17/h3-4,11-12H,5-10H2,1-2H3. The predicted octanol–water partition coefficient (Wildman–Crippen LogP) is 1.93. The molecule has 2 aliphatic heterocycles. The molecule has 0 unspecified atom stereocenters. The van der Waals surface area contributed by atoms with Crippen LogP contribution in [-0.4, -0.2) is 49.7 Å². The van der Waals surface area contributed by atoms with Crippen molar-refractivity contribution in [3.63, 3.8) is 0 Å². The van der Waals surface area contributed by atoms with Crippen molar-refractivity contribution in [3.05, 3.63) is 29.3 Å². The molecule has 1 fully saturated rings. The fourth-order valence-corrected chi connectivity index (χ4v) is 3.02. The van der Waals surface area contributed by atoms with Crippen LogP contribution in [0.1, 0.15) is 29.8 Å². The zero-order valence-corrected chi connectivity index (χ0v) is 12.3. The van der Waals surface area contributed by atoms with Crippen LogP contribution in [0.15, 0.2) is 18.2 Å². The number of anilines is 1. The van der Waals surface area contributed by atoms with Crippen molar-refractivity contribution < 1.29 is 9.53 Å². The molecule has 1 aromatic rings. The van der Waals surface area contributed by atoms with Gasteiger partial charge in [-0.05, 0) is 38.0 Å². The molecule has 2 heterocycles. The number of morpholine rings is 1. The average Bonchev–Trinajstić information content (AvgIpc) is 2.90. The van der Waals surface area contributed by atoms with E-state index in [-0.39, 0.29) is 5.91 Å². The quantitative estimate of drug-likeness (QED) is 0.826. The molecule has 1 aromatic carbocycles. The number of nitrogens with zero attached hydrogens (tertiary/aromatic N) is 2. The molecule has 0 saturated carbocycles. The van der Waals surface area contributed by atoms with E-state index in [4.69, 9.17) is 4.74 Å². The van der Waals surface area contributed by atoms with Gasteiger partial charge in [-0.2, -0.15) is 0 Å². The molecule has 0 spiro atoms. The lowest BCUT2D eigenvalue weighted by Gasteiger charge is -2.28. The van der Waals surface area contributed by atoms with Crippen molar-refractivity contribution in [3.8, 4) is 0 Å². The van der Waals surface area contributed by atoms with Gasteiger partial charge in [-0.1, -0.05) is 6.07 Å². The highest BCUT2D eigenvalue weighted by Crippen LogP contribution is 2.31. The van der Waals surface area contributed by atoms with Crippen LogP contribution < -0.4 is 4.90 Å². The summed E-state index contributed by atoms with van der Waals surface area (Å²) in [6, 6.07) is 6.64. The van der Waals surface area contributed by atoms with Gasteiger partial charge >= 0.3 is 0 Å². The maximum atomic E-state index is 12.5. The van der Waals surface area contributed by atoms with Crippen molar-refractivity contribution in [2.45, 2.75) is 26.3 Å². The number of carbonyl (C=O) groups excluding carboxylic acids is 1. The van der Waals surface area contributed by atoms with E-state index in [2.05, 4.69) is 30.9 Å². The lowest BCUT2D eigenvalue weighted by Crippen LogP contribution is -2.40. The highest BCUT2D eigenvalue weighted by atomic mass is 16.5. The third kappa shape index (κ3) is 2.40. The molecule has 0 aromatic heterocycles. The van der Waals surface area contributed by atoms with Crippen LogP contribution in [0.5, 0.6) is 0 Å². The van der Waals surface area contributed by atoms with E-state index >= 15 is 0 Å². The highest BCUT2D eigenvalue weighted by Gasteiger charge is 2.24. The number of rotatable bonds is 2. The Morgan fingerprint density at radius 3 is 2.65 bits per heavy atom. The molecule has 108 valence electrons. The largest absolute Gasteiger partial charge is 0.378 e. The summed E-state index contributed by atoms with van der Waals surface area (Å²) in [7, 11) is 0. The third-order valence-electron chi connectivity index (χ3n) is 4.19. The van der Waals surface area contributed by atoms with Gasteiger partial charge in [0.15, 0.2) is 0 Å². The third-order valence-corrected chi connectivity index (χ3v) is 4.19. The summed E-state index contributed by atoms with van der Waals surface area (Å²) in [5.74, 6) is 0.131. The first kappa shape index (κ1) is 13.4. The first-order chi connectivity index (χ1) is 9.66. The second-order valence-electron chi connectivity index (χ2n) is 5.79. The average molecular weight is 274 g/mol. The monoisotopic (exact) mass is 274 g/mol. The first-order valence-corrected chi connectivity index (χ1v) is 7.43. The molecule has 20 heavy (non-hydrogen) atoms. The zero-order valence-electron chi connectivity index (χ0n) is 12.3. The zero-order chi connectivity index (χ0) is 14.1. The van der Waals surface area contributed by atoms with Crippen LogP contribution in [0, 0.1) is 0 Å². The summed E-state index contributed by atoms with van der Waals surface area (Å²) in [6.07, 6.45) is 1.08. The predicted molar refractivity (Wildman–Crippen MR) is 79.4 cm³/mol. The Labute approximate surface area is 120 Å². The Morgan fingerprint density at radius 2 is 1.95 bits per heavy atom. The second kappa shape index (κ2) is 5.44. The molecular weight excluding hydrogens is 252 g/mol. The fourth-order valence-electron chi connectivity index (χ4n) is 3.02. The lowest BCUT2D eigenvalue weighted by molar-refractivity contribution is 0.0303. The smallest absolute Gasteiger partial charge is 0.254 e. The first-order valence-electron chi connectivity index (χ1n) is 7.43. The number of benzene rings is 1. The number of ether oxygens (including phenoxy) is 1. The van der Waals surface area contributed by atoms with Gasteiger partial charge in [0.2, 0.25) is 0 Å². The van der Waals surface area contributed by atoms with Crippen LogP contribution in [0.4, 0.5) is 5.69 Å². The van der Waals surface area contributed by atoms with Crippen molar-refractivity contribution in [1.29, 1.82) is 0 Å². The molecule has 0 radical (unpaired) electrons. The number of carbonyl (C=O) groups is 1. The van der Waals surface area contributed by atoms with Gasteiger partial charge in [0.05, 0.1) is 13.2 Å². The van der Waals surface area contributed by atoms with Gasteiger partial charge in [0.1, 0.15) is 0 Å². The molecule has 1 saturated heterocycles. The summed E-state index contributed by atoms with van der Waals surface area (Å²) in [4.78, 5) is 16.8. The number of hydrogen-bond donors (Lipinski definition) is 0. The van der Waals surface area contributed by atoms with Crippen molar-refractivity contribution >= 4 is 11.6 Å². The van der Waals surface area contributed by atoms with Crippen LogP contribution in [0.2, 0.25) is 0 Å². The van der Waals surface area contributed by atoms with E-state index in [1.807, 2.05) is 11.0 Å². The molecule has 4 nitrogen and oxygen atoms in total. The molecule has 0 bridgehead atoms. The maximum Gasteiger partial charge on any atom is 0.254 e. The van der Waals surface area contributed by atoms with Crippen molar-refractivity contribution in [1.82, 2.24) is 4.90 Å². The Bertz CT molecular complexity index is 507. The lowest BCUT2D eigenvalue weighted by atomic mass is 10.1. The minimum absolute atomic E-state index is 0.131. The molecule has 3 rings (SSSR count). The summed E-state index contributed by atoms with van der Waals surface area (Å²) in [6.45, 7) is 8.15. The van der Waals surface area contributed by atoms with E-state index < -0.39 is 0 Å². The molecule has 4 heteroatoms. The molecule has 0 atom stereocenters. The van der Waals surface area contributed by atoms with Crippen LogP contribution >= 0.6 is 0 Å². The van der Waals surface area contributed by atoms with E-state index in [1.165, 1.54) is 11.3 Å². The van der Waals surface area contributed by atoms with Gasteiger partial charge in [-0.25, -0.2) is 0 Å². The molecule has 1 amide bonds. The summed E-state index contributed by atoms with van der Waals surface area (Å²) >= 11 is 0. The molecule has 0 aliphatic carbocycles. The normalized spacial score (nSPS) is 18.6. The Kier molecular flexibility index (Phi) is 3.66. The van der Waals surface area contributed by atoms with E-state index in [0.717, 1.165) is 18.5 Å². The molecule has 0 N–H and O–H groups in total. The van der Waals surface area contributed by atoms with Crippen LogP contribution in [0.25, 0.3) is 0 Å². The highest BCUT2D eigenvalue weighted by molar-refractivity contribution is 5.95. The minimum Gasteiger partial charge on any atom is -0.378 e. The SMILES string of the molecule is CC(C)N1CCc2ccc(C(=O)N3CCOCC3)cc21. The van der Waals surface area contributed by atoms with Crippen LogP contribution in [-0.2, 0) is 11.2 Å². The fraction of sp³-hybridized carbons (Fsp3) is 0.562. The summed E-state index contributed by atoms with van der Waals surface area (Å²) in [5.41, 5.74) is 3.40. The minimum atomic E-state index is 0.131.